The summed E-state index contributed by atoms with van der Waals surface area (Å²) in [5.41, 5.74) is 5.02. The number of carbonyl (C=O) groups is 5. The van der Waals surface area contributed by atoms with Crippen molar-refractivity contribution in [1.82, 2.24) is 4.98 Å². The Labute approximate surface area is 367 Å². The number of ether oxygens (including phenoxy) is 8. The van der Waals surface area contributed by atoms with E-state index in [4.69, 9.17) is 37.9 Å². The second-order valence-corrected chi connectivity index (χ2v) is 14.3. The van der Waals surface area contributed by atoms with Crippen LogP contribution in [0, 0.1) is 6.92 Å². The molecule has 16 nitrogen and oxygen atoms in total. The van der Waals surface area contributed by atoms with Gasteiger partial charge in [0.15, 0.2) is 11.9 Å². The first kappa shape index (κ1) is 46.8. The molecule has 1 aromatic heterocycles. The second-order valence-electron chi connectivity index (χ2n) is 13.3. The Balaban J connectivity index is 1.23. The third-order valence-electron chi connectivity index (χ3n) is 8.60. The SMILES string of the molecule is C=CC(=O)COCC(=O)OC(COCCCCOC(=O)C=C)COc1ccc(C(=O)Oc2ccc(C(=O)Oc3ccc(OC)cc3C)cc2/C=N/Nc2nc3ccccc3s2)cc1. The lowest BCUT2D eigenvalue weighted by Crippen LogP contribution is -2.32. The maximum atomic E-state index is 13.4. The molecule has 17 heteroatoms. The van der Waals surface area contributed by atoms with E-state index in [-0.39, 0.29) is 55.5 Å². The van der Waals surface area contributed by atoms with Crippen LogP contribution < -0.4 is 24.4 Å². The van der Waals surface area contributed by atoms with Gasteiger partial charge in [-0.2, -0.15) is 5.10 Å². The number of methoxy groups -OCH3 is 1. The molecule has 0 radical (unpaired) electrons. The largest absolute Gasteiger partial charge is 0.497 e. The number of unbranched alkanes of at least 4 members (excludes halogenated alkanes) is 1. The number of nitrogens with zero attached hydrogens (tertiary/aromatic N) is 2. The Hall–Kier alpha value is -7.21. The van der Waals surface area contributed by atoms with Crippen molar-refractivity contribution in [2.45, 2.75) is 25.9 Å². The number of esters is 4. The third-order valence-corrected chi connectivity index (χ3v) is 9.55. The lowest BCUT2D eigenvalue weighted by molar-refractivity contribution is -0.159. The summed E-state index contributed by atoms with van der Waals surface area (Å²) in [6.45, 7) is 8.01. The van der Waals surface area contributed by atoms with Crippen molar-refractivity contribution < 1.29 is 61.9 Å². The number of hydrogen-bond acceptors (Lipinski definition) is 17. The average Bonchev–Trinajstić information content (AvgIpc) is 3.71. The molecule has 0 spiro atoms. The zero-order valence-corrected chi connectivity index (χ0v) is 35.4. The molecule has 0 bridgehead atoms. The number of aryl methyl sites for hydroxylation is 1. The summed E-state index contributed by atoms with van der Waals surface area (Å²) in [5.74, 6) is -1.60. The molecule has 0 aliphatic heterocycles. The van der Waals surface area contributed by atoms with Gasteiger partial charge in [-0.05, 0) is 104 Å². The number of hydrogen-bond donors (Lipinski definition) is 1. The molecule has 5 rings (SSSR count). The average molecular weight is 880 g/mol. The number of benzene rings is 4. The van der Waals surface area contributed by atoms with E-state index in [1.165, 1.54) is 60.0 Å². The fraction of sp³-hybridized carbons (Fsp3) is 0.239. The maximum absolute atomic E-state index is 13.4. The monoisotopic (exact) mass is 879 g/mol. The van der Waals surface area contributed by atoms with Crippen LogP contribution in [0.3, 0.4) is 0 Å². The molecule has 0 aliphatic carbocycles. The molecule has 63 heavy (non-hydrogen) atoms. The van der Waals surface area contributed by atoms with Gasteiger partial charge in [0.1, 0.15) is 42.8 Å². The summed E-state index contributed by atoms with van der Waals surface area (Å²) in [5, 5.41) is 4.84. The normalized spacial score (nSPS) is 11.3. The van der Waals surface area contributed by atoms with Crippen LogP contribution in [0.2, 0.25) is 0 Å². The van der Waals surface area contributed by atoms with Crippen LogP contribution in [0.5, 0.6) is 23.0 Å². The summed E-state index contributed by atoms with van der Waals surface area (Å²) >= 11 is 1.40. The van der Waals surface area contributed by atoms with E-state index in [1.807, 2.05) is 24.3 Å². The smallest absolute Gasteiger partial charge is 0.343 e. The van der Waals surface area contributed by atoms with Gasteiger partial charge in [-0.1, -0.05) is 36.6 Å². The zero-order chi connectivity index (χ0) is 45.0. The lowest BCUT2D eigenvalue weighted by Gasteiger charge is -2.19. The molecular formula is C46H45N3O13S. The Morgan fingerprint density at radius 3 is 2.25 bits per heavy atom. The predicted octanol–water partition coefficient (Wildman–Crippen LogP) is 7.09. The first-order chi connectivity index (χ1) is 30.5. The highest BCUT2D eigenvalue weighted by molar-refractivity contribution is 7.22. The summed E-state index contributed by atoms with van der Waals surface area (Å²) in [6, 6.07) is 23.2. The molecular weight excluding hydrogens is 835 g/mol. The topological polar surface area (TPSA) is 196 Å². The minimum Gasteiger partial charge on any atom is -0.497 e. The highest BCUT2D eigenvalue weighted by Crippen LogP contribution is 2.28. The molecule has 0 fully saturated rings. The zero-order valence-electron chi connectivity index (χ0n) is 34.6. The number of ketones is 1. The maximum Gasteiger partial charge on any atom is 0.343 e. The van der Waals surface area contributed by atoms with Crippen molar-refractivity contribution in [3.63, 3.8) is 0 Å². The van der Waals surface area contributed by atoms with Crippen molar-refractivity contribution in [3.05, 3.63) is 132 Å². The number of nitrogens with one attached hydrogen (secondary N) is 1. The Kier molecular flexibility index (Phi) is 18.1. The number of rotatable bonds is 25. The van der Waals surface area contributed by atoms with Gasteiger partial charge in [0.05, 0.1) is 47.9 Å². The molecule has 5 aromatic rings. The van der Waals surface area contributed by atoms with Gasteiger partial charge in [0.2, 0.25) is 5.13 Å². The molecule has 0 saturated carbocycles. The van der Waals surface area contributed by atoms with Gasteiger partial charge < -0.3 is 37.9 Å². The highest BCUT2D eigenvalue weighted by atomic mass is 32.1. The van der Waals surface area contributed by atoms with Gasteiger partial charge >= 0.3 is 23.9 Å². The van der Waals surface area contributed by atoms with Crippen molar-refractivity contribution >= 4 is 62.6 Å². The van der Waals surface area contributed by atoms with Crippen LogP contribution >= 0.6 is 11.3 Å². The number of anilines is 1. The summed E-state index contributed by atoms with van der Waals surface area (Å²) in [4.78, 5) is 66.4. The van der Waals surface area contributed by atoms with Gasteiger partial charge in [-0.25, -0.2) is 24.2 Å². The van der Waals surface area contributed by atoms with Crippen molar-refractivity contribution in [2.24, 2.45) is 5.10 Å². The molecule has 0 saturated heterocycles. The van der Waals surface area contributed by atoms with Crippen LogP contribution in [0.1, 0.15) is 44.7 Å². The van der Waals surface area contributed by atoms with E-state index >= 15 is 0 Å². The summed E-state index contributed by atoms with van der Waals surface area (Å²) in [6.07, 6.45) is 3.80. The van der Waals surface area contributed by atoms with Crippen LogP contribution in [-0.4, -0.2) is 93.7 Å². The van der Waals surface area contributed by atoms with Gasteiger partial charge in [0, 0.05) is 18.2 Å². The number of aromatic nitrogens is 1. The van der Waals surface area contributed by atoms with Crippen molar-refractivity contribution in [2.75, 3.05) is 52.2 Å². The Morgan fingerprint density at radius 2 is 1.51 bits per heavy atom. The van der Waals surface area contributed by atoms with Crippen LogP contribution in [0.4, 0.5) is 5.13 Å². The Bertz CT molecular complexity index is 2400. The van der Waals surface area contributed by atoms with Crippen molar-refractivity contribution in [1.29, 1.82) is 0 Å². The number of hydrazone groups is 1. The number of para-hydroxylation sites is 1. The fourth-order valence-corrected chi connectivity index (χ4v) is 6.20. The standard InChI is InChI=1S/C46H45N3O13S/c1-5-34(50)26-57-29-43(52)60-37(27-56-21-9-10-22-58-42(51)6-2)28-59-35-16-13-31(14-17-35)44(53)62-40-19-15-32(45(54)61-39-20-18-36(55-4)23-30(39)3)24-33(40)25-47-49-46-48-38-11-7-8-12-41(38)63-46/h5-8,11-20,23-25,37H,1-2,9-10,21-22,26-29H2,3-4H3,(H,48,49)/b47-25+. The van der Waals surface area contributed by atoms with Gasteiger partial charge in [0.25, 0.3) is 0 Å². The van der Waals surface area contributed by atoms with Crippen LogP contribution in [0.25, 0.3) is 10.2 Å². The van der Waals surface area contributed by atoms with Crippen molar-refractivity contribution in [3.8, 4) is 23.0 Å². The Morgan fingerprint density at radius 1 is 0.794 bits per heavy atom. The summed E-state index contributed by atoms with van der Waals surface area (Å²) < 4.78 is 44.7. The van der Waals surface area contributed by atoms with E-state index < -0.39 is 42.4 Å². The molecule has 328 valence electrons. The first-order valence-corrected chi connectivity index (χ1v) is 20.3. The number of carbonyl (C=O) groups excluding carboxylic acids is 5. The molecule has 0 amide bonds. The van der Waals surface area contributed by atoms with Gasteiger partial charge in [-0.15, -0.1) is 0 Å². The van der Waals surface area contributed by atoms with E-state index in [0.29, 0.717) is 40.8 Å². The van der Waals surface area contributed by atoms with E-state index in [2.05, 4.69) is 28.7 Å². The highest BCUT2D eigenvalue weighted by Gasteiger charge is 2.19. The minimum absolute atomic E-state index is 0.0342. The molecule has 1 N–H and O–H groups in total. The molecule has 1 unspecified atom stereocenters. The predicted molar refractivity (Wildman–Crippen MR) is 234 cm³/mol. The van der Waals surface area contributed by atoms with Gasteiger partial charge in [-0.3, -0.25) is 10.2 Å². The molecule has 4 aromatic carbocycles. The minimum atomic E-state index is -0.871. The fourth-order valence-electron chi connectivity index (χ4n) is 5.39. The van der Waals surface area contributed by atoms with Crippen LogP contribution in [0.15, 0.2) is 115 Å². The second kappa shape index (κ2) is 24.3. The third kappa shape index (κ3) is 15.0. The molecule has 0 aliphatic rings. The first-order valence-electron chi connectivity index (χ1n) is 19.4. The van der Waals surface area contributed by atoms with Crippen LogP contribution in [-0.2, 0) is 33.3 Å². The van der Waals surface area contributed by atoms with E-state index in [0.717, 1.165) is 22.4 Å². The van der Waals surface area contributed by atoms with E-state index in [9.17, 15) is 24.0 Å². The van der Waals surface area contributed by atoms with E-state index in [1.54, 1.807) is 32.2 Å². The quantitative estimate of drug-likeness (QED) is 0.0156. The number of fused-ring (bicyclic) bond motifs is 1. The lowest BCUT2D eigenvalue weighted by atomic mass is 10.1. The molecule has 1 atom stereocenters. The summed E-state index contributed by atoms with van der Waals surface area (Å²) in [7, 11) is 1.54. The number of thiazole rings is 1. The molecule has 1 heterocycles.